The molecular formula is C29H34ClN3O4S. The van der Waals surface area contributed by atoms with E-state index < -0.39 is 28.5 Å². The minimum Gasteiger partial charge on any atom is -0.355 e. The van der Waals surface area contributed by atoms with Crippen LogP contribution in [-0.2, 0) is 32.6 Å². The van der Waals surface area contributed by atoms with E-state index in [4.69, 9.17) is 11.6 Å². The SMILES string of the molecule is CCNC(=O)[C@H](Cc1ccccc1)N(Cc1ccc(C)cc1)C(=O)CN(c1cc(Cl)ccc1C)S(C)(=O)=O. The minimum absolute atomic E-state index is 0.139. The normalized spacial score (nSPS) is 12.0. The van der Waals surface area contributed by atoms with E-state index in [9.17, 15) is 18.0 Å². The maximum atomic E-state index is 14.0. The van der Waals surface area contributed by atoms with Crippen molar-refractivity contribution in [3.05, 3.63) is 100 Å². The second-order valence-electron chi connectivity index (χ2n) is 9.31. The molecule has 0 bridgehead atoms. The van der Waals surface area contributed by atoms with Crippen LogP contribution in [0.5, 0.6) is 0 Å². The highest BCUT2D eigenvalue weighted by atomic mass is 35.5. The van der Waals surface area contributed by atoms with Gasteiger partial charge in [0.1, 0.15) is 12.6 Å². The molecule has 0 aromatic heterocycles. The summed E-state index contributed by atoms with van der Waals surface area (Å²) in [5.74, 6) is -0.802. The number of aryl methyl sites for hydroxylation is 2. The Balaban J connectivity index is 2.06. The van der Waals surface area contributed by atoms with Gasteiger partial charge in [0.2, 0.25) is 21.8 Å². The molecule has 3 rings (SSSR count). The van der Waals surface area contributed by atoms with Crippen LogP contribution in [-0.4, -0.2) is 50.5 Å². The highest BCUT2D eigenvalue weighted by molar-refractivity contribution is 7.92. The van der Waals surface area contributed by atoms with Gasteiger partial charge in [-0.2, -0.15) is 0 Å². The van der Waals surface area contributed by atoms with E-state index in [-0.39, 0.29) is 18.9 Å². The molecule has 0 heterocycles. The summed E-state index contributed by atoms with van der Waals surface area (Å²) in [5.41, 5.74) is 3.76. The van der Waals surface area contributed by atoms with Crippen LogP contribution in [0.4, 0.5) is 5.69 Å². The average molecular weight is 556 g/mol. The van der Waals surface area contributed by atoms with Crippen molar-refractivity contribution >= 4 is 39.1 Å². The number of amides is 2. The smallest absolute Gasteiger partial charge is 0.244 e. The lowest BCUT2D eigenvalue weighted by Crippen LogP contribution is -2.53. The van der Waals surface area contributed by atoms with Gasteiger partial charge in [0.25, 0.3) is 0 Å². The highest BCUT2D eigenvalue weighted by Crippen LogP contribution is 2.27. The predicted octanol–water partition coefficient (Wildman–Crippen LogP) is 4.50. The molecule has 7 nitrogen and oxygen atoms in total. The fraction of sp³-hybridized carbons (Fsp3) is 0.310. The van der Waals surface area contributed by atoms with Crippen molar-refractivity contribution < 1.29 is 18.0 Å². The van der Waals surface area contributed by atoms with E-state index in [2.05, 4.69) is 5.32 Å². The van der Waals surface area contributed by atoms with E-state index in [0.717, 1.165) is 27.3 Å². The van der Waals surface area contributed by atoms with Crippen LogP contribution in [0.25, 0.3) is 0 Å². The Morgan fingerprint density at radius 3 is 2.21 bits per heavy atom. The summed E-state index contributed by atoms with van der Waals surface area (Å²) in [6, 6.07) is 21.2. The lowest BCUT2D eigenvalue weighted by Gasteiger charge is -2.33. The molecule has 0 aliphatic heterocycles. The van der Waals surface area contributed by atoms with Gasteiger partial charge in [0, 0.05) is 24.5 Å². The van der Waals surface area contributed by atoms with Gasteiger partial charge in [-0.1, -0.05) is 77.8 Å². The number of hydrogen-bond acceptors (Lipinski definition) is 4. The summed E-state index contributed by atoms with van der Waals surface area (Å²) in [5, 5.41) is 3.20. The van der Waals surface area contributed by atoms with Crippen LogP contribution < -0.4 is 9.62 Å². The second-order valence-corrected chi connectivity index (χ2v) is 11.7. The minimum atomic E-state index is -3.85. The molecule has 2 amide bonds. The van der Waals surface area contributed by atoms with Crippen molar-refractivity contribution in [2.24, 2.45) is 0 Å². The molecule has 0 aliphatic rings. The highest BCUT2D eigenvalue weighted by Gasteiger charge is 2.33. The molecule has 0 unspecified atom stereocenters. The number of nitrogens with zero attached hydrogens (tertiary/aromatic N) is 2. The van der Waals surface area contributed by atoms with Crippen LogP contribution >= 0.6 is 11.6 Å². The number of halogens is 1. The molecule has 0 saturated carbocycles. The molecule has 0 saturated heterocycles. The van der Waals surface area contributed by atoms with Crippen LogP contribution in [0.15, 0.2) is 72.8 Å². The summed E-state index contributed by atoms with van der Waals surface area (Å²) < 4.78 is 26.8. The number of hydrogen-bond donors (Lipinski definition) is 1. The molecule has 0 fully saturated rings. The van der Waals surface area contributed by atoms with Gasteiger partial charge in [0.05, 0.1) is 11.9 Å². The Kier molecular flexibility index (Phi) is 9.94. The van der Waals surface area contributed by atoms with Gasteiger partial charge < -0.3 is 10.2 Å². The second kappa shape index (κ2) is 12.9. The number of benzene rings is 3. The summed E-state index contributed by atoms with van der Waals surface area (Å²) in [6.07, 6.45) is 1.33. The van der Waals surface area contributed by atoms with Crippen molar-refractivity contribution in [3.63, 3.8) is 0 Å². The predicted molar refractivity (Wildman–Crippen MR) is 153 cm³/mol. The van der Waals surface area contributed by atoms with E-state index >= 15 is 0 Å². The number of nitrogens with one attached hydrogen (secondary N) is 1. The topological polar surface area (TPSA) is 86.8 Å². The van der Waals surface area contributed by atoms with Crippen molar-refractivity contribution in [3.8, 4) is 0 Å². The Morgan fingerprint density at radius 2 is 1.61 bits per heavy atom. The average Bonchev–Trinajstić information content (AvgIpc) is 2.87. The number of carbonyl (C=O) groups excluding carboxylic acids is 2. The maximum Gasteiger partial charge on any atom is 0.244 e. The number of likely N-dealkylation sites (N-methyl/N-ethyl adjacent to an activating group) is 1. The Morgan fingerprint density at radius 1 is 0.947 bits per heavy atom. The molecule has 1 atom stereocenters. The van der Waals surface area contributed by atoms with Gasteiger partial charge in [-0.05, 0) is 49.6 Å². The van der Waals surface area contributed by atoms with Crippen molar-refractivity contribution in [1.82, 2.24) is 10.2 Å². The third-order valence-corrected chi connectivity index (χ3v) is 7.58. The standard InChI is InChI=1S/C29H34ClN3O4S/c1-5-31-29(35)27(17-23-9-7-6-8-10-23)32(19-24-14-11-21(2)12-15-24)28(34)20-33(38(4,36)37)26-18-25(30)16-13-22(26)3/h6-16,18,27H,5,17,19-20H2,1-4H3,(H,31,35)/t27-/m0/s1. The first kappa shape index (κ1) is 29.2. The van der Waals surface area contributed by atoms with Gasteiger partial charge in [-0.25, -0.2) is 8.42 Å². The lowest BCUT2D eigenvalue weighted by atomic mass is 10.0. The first-order valence-corrected chi connectivity index (χ1v) is 14.6. The first-order valence-electron chi connectivity index (χ1n) is 12.4. The van der Waals surface area contributed by atoms with Crippen LogP contribution in [0, 0.1) is 13.8 Å². The quantitative estimate of drug-likeness (QED) is 0.377. The lowest BCUT2D eigenvalue weighted by molar-refractivity contribution is -0.140. The zero-order valence-electron chi connectivity index (χ0n) is 22.1. The molecule has 0 aliphatic carbocycles. The largest absolute Gasteiger partial charge is 0.355 e. The Labute approximate surface area is 230 Å². The molecule has 38 heavy (non-hydrogen) atoms. The van der Waals surface area contributed by atoms with Crippen LogP contribution in [0.1, 0.15) is 29.2 Å². The molecule has 1 N–H and O–H groups in total. The first-order chi connectivity index (χ1) is 18.0. The molecule has 3 aromatic rings. The molecule has 9 heteroatoms. The van der Waals surface area contributed by atoms with Gasteiger partial charge >= 0.3 is 0 Å². The molecule has 0 spiro atoms. The number of carbonyl (C=O) groups is 2. The molecule has 202 valence electrons. The summed E-state index contributed by atoms with van der Waals surface area (Å²) in [4.78, 5) is 28.8. The van der Waals surface area contributed by atoms with E-state index in [1.807, 2.05) is 68.4 Å². The Bertz CT molecular complexity index is 1360. The van der Waals surface area contributed by atoms with Gasteiger partial charge in [-0.15, -0.1) is 0 Å². The Hall–Kier alpha value is -3.36. The third kappa shape index (κ3) is 7.82. The molecule has 0 radical (unpaired) electrons. The molecular weight excluding hydrogens is 522 g/mol. The van der Waals surface area contributed by atoms with Crippen molar-refractivity contribution in [2.75, 3.05) is 23.7 Å². The molecule has 3 aromatic carbocycles. The maximum absolute atomic E-state index is 14.0. The van der Waals surface area contributed by atoms with E-state index in [0.29, 0.717) is 22.8 Å². The van der Waals surface area contributed by atoms with E-state index in [1.165, 1.54) is 11.0 Å². The van der Waals surface area contributed by atoms with Crippen LogP contribution in [0.2, 0.25) is 5.02 Å². The summed E-state index contributed by atoms with van der Waals surface area (Å²) in [7, 11) is -3.85. The van der Waals surface area contributed by atoms with Gasteiger partial charge in [0.15, 0.2) is 0 Å². The van der Waals surface area contributed by atoms with Crippen molar-refractivity contribution in [1.29, 1.82) is 0 Å². The number of rotatable bonds is 11. The number of sulfonamides is 1. The fourth-order valence-electron chi connectivity index (χ4n) is 4.18. The zero-order valence-corrected chi connectivity index (χ0v) is 23.7. The van der Waals surface area contributed by atoms with Crippen LogP contribution in [0.3, 0.4) is 0 Å². The third-order valence-electron chi connectivity index (χ3n) is 6.21. The van der Waals surface area contributed by atoms with E-state index in [1.54, 1.807) is 19.1 Å². The van der Waals surface area contributed by atoms with Crippen molar-refractivity contribution in [2.45, 2.75) is 39.8 Å². The monoisotopic (exact) mass is 555 g/mol. The zero-order chi connectivity index (χ0) is 27.9. The fourth-order valence-corrected chi connectivity index (χ4v) is 5.25. The summed E-state index contributed by atoms with van der Waals surface area (Å²) in [6.45, 7) is 5.60. The number of anilines is 1. The van der Waals surface area contributed by atoms with Gasteiger partial charge in [-0.3, -0.25) is 13.9 Å². The summed E-state index contributed by atoms with van der Waals surface area (Å²) >= 11 is 6.18.